The van der Waals surface area contributed by atoms with Crippen LogP contribution in [0, 0.1) is 11.3 Å². The number of halogens is 3. The Kier molecular flexibility index (Phi) is 4.63. The van der Waals surface area contributed by atoms with E-state index in [2.05, 4.69) is 10.3 Å². The van der Waals surface area contributed by atoms with Gasteiger partial charge >= 0.3 is 6.18 Å². The fraction of sp³-hybridized carbons (Fsp3) is 0.167. The van der Waals surface area contributed by atoms with Crippen LogP contribution < -0.4 is 5.32 Å². The lowest BCUT2D eigenvalue weighted by Crippen LogP contribution is -2.28. The fourth-order valence-corrected chi connectivity index (χ4v) is 2.60. The molecule has 3 rings (SSSR count). The predicted molar refractivity (Wildman–Crippen MR) is 88.2 cm³/mol. The first-order valence-corrected chi connectivity index (χ1v) is 7.71. The van der Waals surface area contributed by atoms with Gasteiger partial charge in [0.15, 0.2) is 0 Å². The molecule has 0 bridgehead atoms. The van der Waals surface area contributed by atoms with Crippen LogP contribution >= 0.6 is 0 Å². The third kappa shape index (κ3) is 3.52. The SMILES string of the molecule is N#Cc1ccc(C(=O)NCCn2c(C(F)(F)F)nc3ccccc32)cc1. The monoisotopic (exact) mass is 358 g/mol. The molecule has 5 nitrogen and oxygen atoms in total. The highest BCUT2D eigenvalue weighted by Crippen LogP contribution is 2.31. The van der Waals surface area contributed by atoms with Gasteiger partial charge in [0, 0.05) is 18.7 Å². The largest absolute Gasteiger partial charge is 0.449 e. The summed E-state index contributed by atoms with van der Waals surface area (Å²) in [5.74, 6) is -1.42. The molecule has 2 aromatic carbocycles. The first-order valence-electron chi connectivity index (χ1n) is 7.71. The van der Waals surface area contributed by atoms with Crippen LogP contribution in [-0.2, 0) is 12.7 Å². The minimum Gasteiger partial charge on any atom is -0.350 e. The molecule has 0 saturated carbocycles. The molecule has 0 aliphatic carbocycles. The number of alkyl halides is 3. The maximum atomic E-state index is 13.2. The van der Waals surface area contributed by atoms with E-state index in [1.54, 1.807) is 18.2 Å². The fourth-order valence-electron chi connectivity index (χ4n) is 2.60. The lowest BCUT2D eigenvalue weighted by Gasteiger charge is -2.12. The average Bonchev–Trinajstić information content (AvgIpc) is 3.01. The Morgan fingerprint density at radius 2 is 1.85 bits per heavy atom. The number of rotatable bonds is 4. The number of carbonyl (C=O) groups excluding carboxylic acids is 1. The van der Waals surface area contributed by atoms with Gasteiger partial charge in [-0.15, -0.1) is 0 Å². The van der Waals surface area contributed by atoms with Gasteiger partial charge in [-0.1, -0.05) is 12.1 Å². The number of nitrogens with zero attached hydrogens (tertiary/aromatic N) is 3. The lowest BCUT2D eigenvalue weighted by molar-refractivity contribution is -0.146. The van der Waals surface area contributed by atoms with Gasteiger partial charge < -0.3 is 9.88 Å². The number of amides is 1. The number of imidazole rings is 1. The highest BCUT2D eigenvalue weighted by Gasteiger charge is 2.37. The Bertz CT molecular complexity index is 984. The van der Waals surface area contributed by atoms with Crippen LogP contribution in [-0.4, -0.2) is 22.0 Å². The molecule has 0 atom stereocenters. The van der Waals surface area contributed by atoms with Gasteiger partial charge in [0.25, 0.3) is 5.91 Å². The number of aromatic nitrogens is 2. The quantitative estimate of drug-likeness (QED) is 0.777. The molecule has 0 aliphatic rings. The van der Waals surface area contributed by atoms with Gasteiger partial charge in [0.05, 0.1) is 22.7 Å². The zero-order valence-electron chi connectivity index (χ0n) is 13.4. The zero-order chi connectivity index (χ0) is 18.7. The topological polar surface area (TPSA) is 70.7 Å². The Morgan fingerprint density at radius 3 is 2.50 bits per heavy atom. The summed E-state index contributed by atoms with van der Waals surface area (Å²) in [7, 11) is 0. The molecule has 0 unspecified atom stereocenters. The highest BCUT2D eigenvalue weighted by molar-refractivity contribution is 5.94. The molecular formula is C18H13F3N4O. The van der Waals surface area contributed by atoms with E-state index in [4.69, 9.17) is 5.26 Å². The molecule has 3 aromatic rings. The number of nitrogens with one attached hydrogen (secondary N) is 1. The summed E-state index contributed by atoms with van der Waals surface area (Å²) >= 11 is 0. The number of para-hydroxylation sites is 2. The van der Waals surface area contributed by atoms with Crippen molar-refractivity contribution in [2.75, 3.05) is 6.54 Å². The summed E-state index contributed by atoms with van der Waals surface area (Å²) in [4.78, 5) is 15.7. The molecule has 0 saturated heterocycles. The van der Waals surface area contributed by atoms with Crippen molar-refractivity contribution in [1.82, 2.24) is 14.9 Å². The Morgan fingerprint density at radius 1 is 1.15 bits per heavy atom. The zero-order valence-corrected chi connectivity index (χ0v) is 13.4. The van der Waals surface area contributed by atoms with Crippen LogP contribution in [0.5, 0.6) is 0 Å². The lowest BCUT2D eigenvalue weighted by atomic mass is 10.1. The van der Waals surface area contributed by atoms with Gasteiger partial charge in [-0.25, -0.2) is 4.98 Å². The van der Waals surface area contributed by atoms with Gasteiger partial charge in [-0.05, 0) is 36.4 Å². The third-order valence-electron chi connectivity index (χ3n) is 3.81. The van der Waals surface area contributed by atoms with Crippen molar-refractivity contribution in [3.63, 3.8) is 0 Å². The van der Waals surface area contributed by atoms with Gasteiger partial charge in [-0.3, -0.25) is 4.79 Å². The maximum absolute atomic E-state index is 13.2. The Hall–Kier alpha value is -3.34. The predicted octanol–water partition coefficient (Wildman–Crippen LogP) is 3.36. The molecule has 1 aromatic heterocycles. The second-order valence-corrected chi connectivity index (χ2v) is 5.52. The highest BCUT2D eigenvalue weighted by atomic mass is 19.4. The molecule has 1 heterocycles. The smallest absolute Gasteiger partial charge is 0.350 e. The molecular weight excluding hydrogens is 345 g/mol. The van der Waals surface area contributed by atoms with E-state index in [1.165, 1.54) is 30.3 Å². The summed E-state index contributed by atoms with van der Waals surface area (Å²) in [6.45, 7) is -0.0698. The van der Waals surface area contributed by atoms with Gasteiger partial charge in [-0.2, -0.15) is 18.4 Å². The molecule has 132 valence electrons. The third-order valence-corrected chi connectivity index (χ3v) is 3.81. The first-order chi connectivity index (χ1) is 12.4. The first kappa shape index (κ1) is 17.5. The number of carbonyl (C=O) groups is 1. The van der Waals surface area contributed by atoms with E-state index in [9.17, 15) is 18.0 Å². The molecule has 26 heavy (non-hydrogen) atoms. The summed E-state index contributed by atoms with van der Waals surface area (Å²) in [5, 5.41) is 11.3. The van der Waals surface area contributed by atoms with Crippen molar-refractivity contribution in [1.29, 1.82) is 5.26 Å². The minimum atomic E-state index is -4.59. The summed E-state index contributed by atoms with van der Waals surface area (Å²) in [6.07, 6.45) is -4.59. The number of nitriles is 1. The van der Waals surface area contributed by atoms with Crippen LogP contribution in [0.15, 0.2) is 48.5 Å². The standard InChI is InChI=1S/C18H13F3N4O/c19-18(20,21)17-24-14-3-1-2-4-15(14)25(17)10-9-23-16(26)13-7-5-12(11-22)6-8-13/h1-8H,9-10H2,(H,23,26). The van der Waals surface area contributed by atoms with Crippen molar-refractivity contribution in [3.8, 4) is 6.07 Å². The van der Waals surface area contributed by atoms with E-state index in [-0.39, 0.29) is 18.6 Å². The minimum absolute atomic E-state index is 0.00225. The number of fused-ring (bicyclic) bond motifs is 1. The molecule has 1 N–H and O–H groups in total. The average molecular weight is 358 g/mol. The molecule has 8 heteroatoms. The normalized spacial score (nSPS) is 11.3. The van der Waals surface area contributed by atoms with Crippen molar-refractivity contribution in [2.45, 2.75) is 12.7 Å². The van der Waals surface area contributed by atoms with Crippen LogP contribution in [0.3, 0.4) is 0 Å². The van der Waals surface area contributed by atoms with Crippen molar-refractivity contribution < 1.29 is 18.0 Å². The second kappa shape index (κ2) is 6.88. The summed E-state index contributed by atoms with van der Waals surface area (Å²) < 4.78 is 40.7. The Balaban J connectivity index is 1.75. The number of benzene rings is 2. The van der Waals surface area contributed by atoms with Crippen molar-refractivity contribution in [3.05, 3.63) is 65.5 Å². The van der Waals surface area contributed by atoms with Crippen LogP contribution in [0.25, 0.3) is 11.0 Å². The van der Waals surface area contributed by atoms with Crippen molar-refractivity contribution in [2.24, 2.45) is 0 Å². The van der Waals surface area contributed by atoms with Crippen molar-refractivity contribution >= 4 is 16.9 Å². The van der Waals surface area contributed by atoms with E-state index >= 15 is 0 Å². The second-order valence-electron chi connectivity index (χ2n) is 5.52. The van der Waals surface area contributed by atoms with Gasteiger partial charge in [0.2, 0.25) is 5.82 Å². The number of hydrogen-bond donors (Lipinski definition) is 1. The van der Waals surface area contributed by atoms with Crippen LogP contribution in [0.1, 0.15) is 21.7 Å². The molecule has 1 amide bonds. The maximum Gasteiger partial charge on any atom is 0.449 e. The van der Waals surface area contributed by atoms with Crippen LogP contribution in [0.4, 0.5) is 13.2 Å². The van der Waals surface area contributed by atoms with E-state index in [1.807, 2.05) is 6.07 Å². The number of hydrogen-bond acceptors (Lipinski definition) is 3. The Labute approximate surface area is 146 Å². The molecule has 0 radical (unpaired) electrons. The van der Waals surface area contributed by atoms with Gasteiger partial charge in [0.1, 0.15) is 0 Å². The molecule has 0 fully saturated rings. The van der Waals surface area contributed by atoms with E-state index in [0.29, 0.717) is 16.6 Å². The van der Waals surface area contributed by atoms with Crippen LogP contribution in [0.2, 0.25) is 0 Å². The summed E-state index contributed by atoms with van der Waals surface area (Å²) in [5.41, 5.74) is 1.35. The molecule has 0 aliphatic heterocycles. The molecule has 0 spiro atoms. The van der Waals surface area contributed by atoms with E-state index < -0.39 is 17.9 Å². The van der Waals surface area contributed by atoms with E-state index in [0.717, 1.165) is 4.57 Å². The summed E-state index contributed by atoms with van der Waals surface area (Å²) in [6, 6.07) is 14.2.